The normalized spacial score (nSPS) is 11.5. The standard InChI is InChI=1S/C16H10Se/c1-3-7-13-11(5-1)12-6-2-4-8-14(12)16-10-17-9-15(13)16/h1-10H. The summed E-state index contributed by atoms with van der Waals surface area (Å²) in [5.74, 6) is 0. The molecule has 1 heteroatoms. The van der Waals surface area contributed by atoms with E-state index in [1.54, 1.807) is 0 Å². The molecule has 0 aliphatic carbocycles. The van der Waals surface area contributed by atoms with Crippen molar-refractivity contribution in [2.45, 2.75) is 0 Å². The maximum absolute atomic E-state index is 2.40. The molecule has 0 bridgehead atoms. The van der Waals surface area contributed by atoms with E-state index in [4.69, 9.17) is 0 Å². The van der Waals surface area contributed by atoms with E-state index < -0.39 is 0 Å². The third-order valence-electron chi connectivity index (χ3n) is 3.39. The van der Waals surface area contributed by atoms with Crippen LogP contribution in [0.2, 0.25) is 0 Å². The van der Waals surface area contributed by atoms with Gasteiger partial charge in [0.15, 0.2) is 0 Å². The molecule has 0 atom stereocenters. The molecule has 0 spiro atoms. The topological polar surface area (TPSA) is 0 Å². The first-order valence-corrected chi connectivity index (χ1v) is 7.68. The van der Waals surface area contributed by atoms with Crippen LogP contribution in [-0.4, -0.2) is 14.5 Å². The summed E-state index contributed by atoms with van der Waals surface area (Å²) in [5, 5.41) is 8.45. The summed E-state index contributed by atoms with van der Waals surface area (Å²) in [5.41, 5.74) is 0. The molecule has 0 radical (unpaired) electrons. The molecular weight excluding hydrogens is 271 g/mol. The number of fused-ring (bicyclic) bond motifs is 6. The Balaban J connectivity index is 2.48. The SMILES string of the molecule is c1ccc2c(c1)c1ccccc1c1c[se]cc21. The first-order chi connectivity index (χ1) is 8.45. The van der Waals surface area contributed by atoms with Crippen molar-refractivity contribution in [1.29, 1.82) is 0 Å². The minimum absolute atomic E-state index is 0.523. The van der Waals surface area contributed by atoms with E-state index in [1.807, 2.05) is 0 Å². The van der Waals surface area contributed by atoms with Crippen LogP contribution in [0.15, 0.2) is 58.4 Å². The summed E-state index contributed by atoms with van der Waals surface area (Å²) in [4.78, 5) is 4.80. The average molecular weight is 281 g/mol. The van der Waals surface area contributed by atoms with Gasteiger partial charge in [0.2, 0.25) is 0 Å². The molecule has 1 heterocycles. The second-order valence-electron chi connectivity index (χ2n) is 4.29. The van der Waals surface area contributed by atoms with Gasteiger partial charge in [0, 0.05) is 0 Å². The minimum atomic E-state index is 0.523. The van der Waals surface area contributed by atoms with Crippen LogP contribution >= 0.6 is 0 Å². The predicted molar refractivity (Wildman–Crippen MR) is 75.9 cm³/mol. The van der Waals surface area contributed by atoms with Crippen molar-refractivity contribution in [3.05, 3.63) is 58.4 Å². The Morgan fingerprint density at radius 1 is 0.471 bits per heavy atom. The van der Waals surface area contributed by atoms with Gasteiger partial charge in [-0.3, -0.25) is 0 Å². The molecule has 0 N–H and O–H groups in total. The summed E-state index contributed by atoms with van der Waals surface area (Å²) in [7, 11) is 0. The molecule has 1 aromatic heterocycles. The first-order valence-electron chi connectivity index (χ1n) is 5.70. The van der Waals surface area contributed by atoms with Crippen molar-refractivity contribution in [3.8, 4) is 0 Å². The van der Waals surface area contributed by atoms with Gasteiger partial charge in [-0.25, -0.2) is 0 Å². The van der Waals surface area contributed by atoms with Crippen LogP contribution in [0.4, 0.5) is 0 Å². The van der Waals surface area contributed by atoms with Crippen LogP contribution < -0.4 is 0 Å². The molecule has 3 aromatic carbocycles. The van der Waals surface area contributed by atoms with Gasteiger partial charge in [0.25, 0.3) is 0 Å². The van der Waals surface area contributed by atoms with Gasteiger partial charge in [0.1, 0.15) is 0 Å². The van der Waals surface area contributed by atoms with Gasteiger partial charge in [-0.2, -0.15) is 0 Å². The predicted octanol–water partition coefficient (Wildman–Crippen LogP) is 4.20. The van der Waals surface area contributed by atoms with Crippen molar-refractivity contribution < 1.29 is 0 Å². The Labute approximate surface area is 105 Å². The molecule has 0 fully saturated rings. The monoisotopic (exact) mass is 282 g/mol. The molecule has 0 nitrogen and oxygen atoms in total. The van der Waals surface area contributed by atoms with E-state index >= 15 is 0 Å². The van der Waals surface area contributed by atoms with Gasteiger partial charge in [-0.15, -0.1) is 0 Å². The van der Waals surface area contributed by atoms with Gasteiger partial charge in [-0.1, -0.05) is 0 Å². The van der Waals surface area contributed by atoms with E-state index in [2.05, 4.69) is 58.4 Å². The fraction of sp³-hybridized carbons (Fsp3) is 0. The van der Waals surface area contributed by atoms with E-state index in [0.717, 1.165) is 0 Å². The maximum atomic E-state index is 2.40. The number of rotatable bonds is 0. The van der Waals surface area contributed by atoms with Crippen LogP contribution in [0.3, 0.4) is 0 Å². The van der Waals surface area contributed by atoms with Crippen molar-refractivity contribution >= 4 is 46.8 Å². The first kappa shape index (κ1) is 9.47. The summed E-state index contributed by atoms with van der Waals surface area (Å²) in [6.45, 7) is 0. The Kier molecular flexibility index (Phi) is 1.93. The zero-order chi connectivity index (χ0) is 11.2. The Hall–Kier alpha value is -1.56. The Morgan fingerprint density at radius 3 is 1.24 bits per heavy atom. The number of benzene rings is 3. The van der Waals surface area contributed by atoms with Gasteiger partial charge in [0.05, 0.1) is 0 Å². The zero-order valence-electron chi connectivity index (χ0n) is 9.18. The van der Waals surface area contributed by atoms with Crippen molar-refractivity contribution in [1.82, 2.24) is 0 Å². The molecule has 0 unspecified atom stereocenters. The molecule has 4 aromatic rings. The quantitative estimate of drug-likeness (QED) is 0.335. The molecular formula is C16H10Se. The second-order valence-corrected chi connectivity index (χ2v) is 5.85. The average Bonchev–Trinajstić information content (AvgIpc) is 2.89. The molecule has 0 amide bonds. The van der Waals surface area contributed by atoms with E-state index in [9.17, 15) is 0 Å². The van der Waals surface area contributed by atoms with E-state index in [1.165, 1.54) is 32.3 Å². The molecule has 0 aliphatic heterocycles. The van der Waals surface area contributed by atoms with Gasteiger partial charge in [-0.05, 0) is 0 Å². The van der Waals surface area contributed by atoms with Crippen LogP contribution in [0.5, 0.6) is 0 Å². The Bertz CT molecular complexity index is 770. The van der Waals surface area contributed by atoms with Gasteiger partial charge >= 0.3 is 105 Å². The molecule has 80 valence electrons. The molecule has 0 saturated heterocycles. The van der Waals surface area contributed by atoms with Gasteiger partial charge < -0.3 is 0 Å². The fourth-order valence-corrected chi connectivity index (χ4v) is 4.40. The third-order valence-corrected chi connectivity index (χ3v) is 4.95. The summed E-state index contributed by atoms with van der Waals surface area (Å²) < 4.78 is 0. The molecule has 0 saturated carbocycles. The second kappa shape index (κ2) is 3.46. The molecule has 0 aliphatic rings. The van der Waals surface area contributed by atoms with E-state index in [-0.39, 0.29) is 0 Å². The van der Waals surface area contributed by atoms with Crippen molar-refractivity contribution in [3.63, 3.8) is 0 Å². The number of hydrogen-bond donors (Lipinski definition) is 0. The summed E-state index contributed by atoms with van der Waals surface area (Å²) in [6, 6.07) is 17.5. The summed E-state index contributed by atoms with van der Waals surface area (Å²) >= 11 is 0.523. The van der Waals surface area contributed by atoms with Crippen LogP contribution in [0.1, 0.15) is 0 Å². The van der Waals surface area contributed by atoms with E-state index in [0.29, 0.717) is 14.5 Å². The Morgan fingerprint density at radius 2 is 0.824 bits per heavy atom. The number of hydrogen-bond acceptors (Lipinski definition) is 0. The molecule has 17 heavy (non-hydrogen) atoms. The van der Waals surface area contributed by atoms with Crippen LogP contribution in [0, 0.1) is 0 Å². The van der Waals surface area contributed by atoms with Crippen LogP contribution in [-0.2, 0) is 0 Å². The third kappa shape index (κ3) is 1.24. The van der Waals surface area contributed by atoms with Crippen LogP contribution in [0.25, 0.3) is 32.3 Å². The van der Waals surface area contributed by atoms with Crippen molar-refractivity contribution in [2.75, 3.05) is 0 Å². The molecule has 4 rings (SSSR count). The van der Waals surface area contributed by atoms with Crippen molar-refractivity contribution in [2.24, 2.45) is 0 Å². The fourth-order valence-electron chi connectivity index (χ4n) is 2.62. The zero-order valence-corrected chi connectivity index (χ0v) is 10.9. The summed E-state index contributed by atoms with van der Waals surface area (Å²) in [6.07, 6.45) is 0.